The second kappa shape index (κ2) is 7.75. The maximum Gasteiger partial charge on any atom is 0.0535 e. The molecule has 0 radical (unpaired) electrons. The molecule has 118 valence electrons. The normalized spacial score (nSPS) is 11.0. The second-order valence-corrected chi connectivity index (χ2v) is 5.86. The van der Waals surface area contributed by atoms with Crippen LogP contribution in [0.15, 0.2) is 66.9 Å². The number of H-pyrrole nitrogens is 1. The first-order valence-electron chi connectivity index (χ1n) is 8.14. The maximum atomic E-state index is 4.07. The summed E-state index contributed by atoms with van der Waals surface area (Å²) in [6.07, 6.45) is 2.97. The molecule has 23 heavy (non-hydrogen) atoms. The third kappa shape index (κ3) is 4.08. The van der Waals surface area contributed by atoms with Gasteiger partial charge in [0, 0.05) is 23.7 Å². The van der Waals surface area contributed by atoms with Crippen LogP contribution in [-0.4, -0.2) is 16.7 Å². The molecule has 3 rings (SSSR count). The lowest BCUT2D eigenvalue weighted by Gasteiger charge is -2.18. The highest BCUT2D eigenvalue weighted by molar-refractivity contribution is 5.32. The van der Waals surface area contributed by atoms with Gasteiger partial charge in [0.25, 0.3) is 0 Å². The molecule has 0 amide bonds. The quantitative estimate of drug-likeness (QED) is 0.647. The van der Waals surface area contributed by atoms with Crippen LogP contribution in [0.5, 0.6) is 0 Å². The zero-order chi connectivity index (χ0) is 15.9. The number of benzene rings is 2. The molecule has 3 aromatic rings. The first kappa shape index (κ1) is 15.5. The summed E-state index contributed by atoms with van der Waals surface area (Å²) >= 11 is 0. The number of nitrogens with zero attached hydrogens (tertiary/aromatic N) is 1. The zero-order valence-electron chi connectivity index (χ0n) is 13.5. The van der Waals surface area contributed by atoms with Crippen molar-refractivity contribution in [3.05, 3.63) is 89.2 Å². The molecule has 0 saturated heterocycles. The average Bonchev–Trinajstić information content (AvgIpc) is 3.01. The lowest BCUT2D eigenvalue weighted by molar-refractivity contribution is 0.610. The van der Waals surface area contributed by atoms with Crippen molar-refractivity contribution in [3.63, 3.8) is 0 Å². The van der Waals surface area contributed by atoms with E-state index in [2.05, 4.69) is 83.1 Å². The molecule has 2 N–H and O–H groups in total. The van der Waals surface area contributed by atoms with E-state index in [-0.39, 0.29) is 0 Å². The van der Waals surface area contributed by atoms with Crippen LogP contribution in [0.3, 0.4) is 0 Å². The third-order valence-corrected chi connectivity index (χ3v) is 4.26. The fraction of sp³-hybridized carbons (Fsp3) is 0.250. The minimum absolute atomic E-state index is 0.426. The van der Waals surface area contributed by atoms with Gasteiger partial charge in [-0.3, -0.25) is 5.10 Å². The Morgan fingerprint density at radius 1 is 0.957 bits per heavy atom. The van der Waals surface area contributed by atoms with Crippen LogP contribution >= 0.6 is 0 Å². The summed E-state index contributed by atoms with van der Waals surface area (Å²) in [6, 6.07) is 21.5. The standard InChI is InChI=1S/C20H23N3/c1-16-19(15-22-23-16)14-21-13-12-20(17-8-4-2-5-9-17)18-10-6-3-7-11-18/h2-11,15,20-21H,12-14H2,1H3,(H,22,23). The Hall–Kier alpha value is -2.39. The van der Waals surface area contributed by atoms with Crippen LogP contribution in [0.1, 0.15) is 34.7 Å². The van der Waals surface area contributed by atoms with Crippen molar-refractivity contribution in [2.24, 2.45) is 0 Å². The molecule has 3 heteroatoms. The van der Waals surface area contributed by atoms with E-state index in [9.17, 15) is 0 Å². The third-order valence-electron chi connectivity index (χ3n) is 4.26. The Bertz CT molecular complexity index is 665. The summed E-state index contributed by atoms with van der Waals surface area (Å²) in [4.78, 5) is 0. The molecule has 0 spiro atoms. The van der Waals surface area contributed by atoms with Crippen molar-refractivity contribution in [1.82, 2.24) is 15.5 Å². The van der Waals surface area contributed by atoms with Crippen molar-refractivity contribution in [1.29, 1.82) is 0 Å². The number of hydrogen-bond acceptors (Lipinski definition) is 2. The van der Waals surface area contributed by atoms with E-state index < -0.39 is 0 Å². The Kier molecular flexibility index (Phi) is 5.22. The van der Waals surface area contributed by atoms with Crippen molar-refractivity contribution in [2.75, 3.05) is 6.54 Å². The Morgan fingerprint density at radius 2 is 1.57 bits per heavy atom. The van der Waals surface area contributed by atoms with Crippen molar-refractivity contribution in [3.8, 4) is 0 Å². The number of hydrogen-bond donors (Lipinski definition) is 2. The van der Waals surface area contributed by atoms with E-state index in [0.29, 0.717) is 5.92 Å². The van der Waals surface area contributed by atoms with E-state index in [0.717, 1.165) is 25.2 Å². The molecule has 0 saturated carbocycles. The topological polar surface area (TPSA) is 40.7 Å². The summed E-state index contributed by atoms with van der Waals surface area (Å²) in [5.41, 5.74) is 5.13. The highest BCUT2D eigenvalue weighted by Crippen LogP contribution is 2.27. The van der Waals surface area contributed by atoms with Gasteiger partial charge in [0.1, 0.15) is 0 Å². The van der Waals surface area contributed by atoms with Gasteiger partial charge in [0.15, 0.2) is 0 Å². The summed E-state index contributed by atoms with van der Waals surface area (Å²) in [5.74, 6) is 0.426. The molecule has 0 fully saturated rings. The van der Waals surface area contributed by atoms with Gasteiger partial charge in [-0.15, -0.1) is 0 Å². The molecule has 0 atom stereocenters. The maximum absolute atomic E-state index is 4.07. The van der Waals surface area contributed by atoms with Gasteiger partial charge in [-0.05, 0) is 31.0 Å². The van der Waals surface area contributed by atoms with E-state index in [1.54, 1.807) is 0 Å². The summed E-state index contributed by atoms with van der Waals surface area (Å²) in [7, 11) is 0. The van der Waals surface area contributed by atoms with Crippen LogP contribution < -0.4 is 5.32 Å². The lowest BCUT2D eigenvalue weighted by Crippen LogP contribution is -2.18. The van der Waals surface area contributed by atoms with Crippen molar-refractivity contribution in [2.45, 2.75) is 25.8 Å². The molecule has 0 aliphatic carbocycles. The number of nitrogens with one attached hydrogen (secondary N) is 2. The lowest BCUT2D eigenvalue weighted by atomic mass is 9.88. The monoisotopic (exact) mass is 305 g/mol. The Morgan fingerprint density at radius 3 is 2.09 bits per heavy atom. The van der Waals surface area contributed by atoms with Crippen LogP contribution in [-0.2, 0) is 6.54 Å². The highest BCUT2D eigenvalue weighted by Gasteiger charge is 2.13. The van der Waals surface area contributed by atoms with Crippen LogP contribution in [0.25, 0.3) is 0 Å². The van der Waals surface area contributed by atoms with Crippen LogP contribution in [0, 0.1) is 6.92 Å². The molecule has 1 heterocycles. The fourth-order valence-electron chi connectivity index (χ4n) is 2.92. The predicted molar refractivity (Wildman–Crippen MR) is 94.4 cm³/mol. The molecule has 1 aromatic heterocycles. The van der Waals surface area contributed by atoms with E-state index in [1.165, 1.54) is 16.7 Å². The van der Waals surface area contributed by atoms with Crippen LogP contribution in [0.4, 0.5) is 0 Å². The number of aromatic nitrogens is 2. The minimum atomic E-state index is 0.426. The minimum Gasteiger partial charge on any atom is -0.313 e. The fourth-order valence-corrected chi connectivity index (χ4v) is 2.92. The van der Waals surface area contributed by atoms with Crippen LogP contribution in [0.2, 0.25) is 0 Å². The summed E-state index contributed by atoms with van der Waals surface area (Å²) in [5, 5.41) is 10.6. The van der Waals surface area contributed by atoms with Gasteiger partial charge in [-0.1, -0.05) is 60.7 Å². The molecular formula is C20H23N3. The molecule has 0 aliphatic heterocycles. The van der Waals surface area contributed by atoms with Crippen molar-refractivity contribution < 1.29 is 0 Å². The van der Waals surface area contributed by atoms with Gasteiger partial charge in [0.2, 0.25) is 0 Å². The number of aryl methyl sites for hydroxylation is 1. The molecule has 0 unspecified atom stereocenters. The Balaban J connectivity index is 1.64. The Labute approximate surface area is 137 Å². The van der Waals surface area contributed by atoms with E-state index in [4.69, 9.17) is 0 Å². The number of aromatic amines is 1. The SMILES string of the molecule is Cc1[nH]ncc1CNCCC(c1ccccc1)c1ccccc1. The van der Waals surface area contributed by atoms with Gasteiger partial charge in [-0.25, -0.2) is 0 Å². The van der Waals surface area contributed by atoms with Crippen molar-refractivity contribution >= 4 is 0 Å². The van der Waals surface area contributed by atoms with Gasteiger partial charge in [0.05, 0.1) is 6.20 Å². The molecule has 3 nitrogen and oxygen atoms in total. The smallest absolute Gasteiger partial charge is 0.0535 e. The first-order valence-corrected chi connectivity index (χ1v) is 8.14. The van der Waals surface area contributed by atoms with Gasteiger partial charge < -0.3 is 5.32 Å². The molecule has 2 aromatic carbocycles. The second-order valence-electron chi connectivity index (χ2n) is 5.86. The highest BCUT2D eigenvalue weighted by atomic mass is 15.1. The zero-order valence-corrected chi connectivity index (χ0v) is 13.5. The molecular weight excluding hydrogens is 282 g/mol. The van der Waals surface area contributed by atoms with E-state index >= 15 is 0 Å². The first-order chi connectivity index (χ1) is 11.3. The van der Waals surface area contributed by atoms with Gasteiger partial charge in [-0.2, -0.15) is 5.10 Å². The average molecular weight is 305 g/mol. The van der Waals surface area contributed by atoms with E-state index in [1.807, 2.05) is 6.20 Å². The summed E-state index contributed by atoms with van der Waals surface area (Å²) < 4.78 is 0. The molecule has 0 bridgehead atoms. The molecule has 0 aliphatic rings. The summed E-state index contributed by atoms with van der Waals surface area (Å²) in [6.45, 7) is 3.89. The largest absolute Gasteiger partial charge is 0.313 e. The predicted octanol–water partition coefficient (Wildman–Crippen LogP) is 4.03. The van der Waals surface area contributed by atoms with Gasteiger partial charge >= 0.3 is 0 Å². The number of rotatable bonds is 7.